The molecule has 4 nitrogen and oxygen atoms in total. The molecule has 0 aliphatic carbocycles. The molecule has 0 amide bonds. The molecule has 7 heteroatoms. The number of benzene rings is 1. The van der Waals surface area contributed by atoms with Gasteiger partial charge in [0.05, 0.1) is 24.8 Å². The minimum absolute atomic E-state index is 0.0112. The second-order valence-electron chi connectivity index (χ2n) is 3.54. The fourth-order valence-corrected chi connectivity index (χ4v) is 1.36. The van der Waals surface area contributed by atoms with E-state index in [1.807, 2.05) is 0 Å². The van der Waals surface area contributed by atoms with Gasteiger partial charge in [0.15, 0.2) is 0 Å². The van der Waals surface area contributed by atoms with E-state index in [4.69, 9.17) is 9.47 Å². The van der Waals surface area contributed by atoms with Crippen LogP contribution in [0.15, 0.2) is 18.2 Å². The van der Waals surface area contributed by atoms with E-state index >= 15 is 0 Å². The summed E-state index contributed by atoms with van der Waals surface area (Å²) in [6.45, 7) is 0.0873. The maximum atomic E-state index is 12.7. The standard InChI is InChI=1S/C12H13F3O4/c1-17-5-6-19-10-7-8(11(16)18-2)3-4-9(10)12(13,14)15/h3-4,7H,5-6H2,1-2H3. The van der Waals surface area contributed by atoms with Crippen LogP contribution in [0.3, 0.4) is 0 Å². The van der Waals surface area contributed by atoms with Gasteiger partial charge in [-0.25, -0.2) is 4.79 Å². The molecule has 0 saturated heterocycles. The van der Waals surface area contributed by atoms with Crippen molar-refractivity contribution in [3.63, 3.8) is 0 Å². The molecule has 0 aliphatic heterocycles. The molecule has 0 unspecified atom stereocenters. The van der Waals surface area contributed by atoms with Crippen molar-refractivity contribution >= 4 is 5.97 Å². The van der Waals surface area contributed by atoms with E-state index in [2.05, 4.69) is 4.74 Å². The first-order valence-corrected chi connectivity index (χ1v) is 5.31. The lowest BCUT2D eigenvalue weighted by Gasteiger charge is -2.14. The quantitative estimate of drug-likeness (QED) is 0.613. The Morgan fingerprint density at radius 1 is 1.21 bits per heavy atom. The van der Waals surface area contributed by atoms with Gasteiger partial charge in [-0.15, -0.1) is 0 Å². The van der Waals surface area contributed by atoms with E-state index in [1.54, 1.807) is 0 Å². The molecule has 1 aromatic carbocycles. The van der Waals surface area contributed by atoms with Crippen molar-refractivity contribution < 1.29 is 32.2 Å². The molecule has 0 heterocycles. The van der Waals surface area contributed by atoms with Gasteiger partial charge in [0.2, 0.25) is 0 Å². The molecule has 106 valence electrons. The molecule has 1 rings (SSSR count). The Hall–Kier alpha value is -1.76. The van der Waals surface area contributed by atoms with Gasteiger partial charge in [-0.05, 0) is 18.2 Å². The van der Waals surface area contributed by atoms with Gasteiger partial charge in [0.1, 0.15) is 12.4 Å². The van der Waals surface area contributed by atoms with Gasteiger partial charge in [-0.1, -0.05) is 0 Å². The van der Waals surface area contributed by atoms with E-state index in [9.17, 15) is 18.0 Å². The summed E-state index contributed by atoms with van der Waals surface area (Å²) in [7, 11) is 2.55. The number of alkyl halides is 3. The SMILES string of the molecule is COCCOc1cc(C(=O)OC)ccc1C(F)(F)F. The molecule has 19 heavy (non-hydrogen) atoms. The summed E-state index contributed by atoms with van der Waals surface area (Å²) < 4.78 is 52.4. The maximum Gasteiger partial charge on any atom is 0.419 e. The van der Waals surface area contributed by atoms with Gasteiger partial charge >= 0.3 is 12.1 Å². The van der Waals surface area contributed by atoms with Crippen LogP contribution in [0.2, 0.25) is 0 Å². The van der Waals surface area contributed by atoms with Crippen molar-refractivity contribution in [1.29, 1.82) is 0 Å². The average Bonchev–Trinajstić information content (AvgIpc) is 2.36. The van der Waals surface area contributed by atoms with E-state index in [0.29, 0.717) is 0 Å². The van der Waals surface area contributed by atoms with Gasteiger partial charge < -0.3 is 14.2 Å². The highest BCUT2D eigenvalue weighted by Gasteiger charge is 2.34. The summed E-state index contributed by atoms with van der Waals surface area (Å²) in [4.78, 5) is 11.3. The zero-order chi connectivity index (χ0) is 14.5. The summed E-state index contributed by atoms with van der Waals surface area (Å²) in [5.74, 6) is -1.15. The molecule has 0 fully saturated rings. The molecule has 0 aliphatic rings. The van der Waals surface area contributed by atoms with Gasteiger partial charge in [0, 0.05) is 7.11 Å². The lowest BCUT2D eigenvalue weighted by atomic mass is 10.1. The summed E-state index contributed by atoms with van der Waals surface area (Å²) in [6.07, 6.45) is -4.56. The van der Waals surface area contributed by atoms with Crippen molar-refractivity contribution in [1.82, 2.24) is 0 Å². The molecule has 0 atom stereocenters. The van der Waals surface area contributed by atoms with E-state index in [0.717, 1.165) is 25.3 Å². The summed E-state index contributed by atoms with van der Waals surface area (Å²) in [5, 5.41) is 0. The first kappa shape index (κ1) is 15.3. The number of carbonyl (C=O) groups excluding carboxylic acids is 1. The van der Waals surface area contributed by atoms with E-state index < -0.39 is 23.5 Å². The largest absolute Gasteiger partial charge is 0.491 e. The highest BCUT2D eigenvalue weighted by Crippen LogP contribution is 2.36. The summed E-state index contributed by atoms with van der Waals surface area (Å²) >= 11 is 0. The lowest BCUT2D eigenvalue weighted by Crippen LogP contribution is -2.13. The van der Waals surface area contributed by atoms with Gasteiger partial charge in [-0.3, -0.25) is 0 Å². The third-order valence-electron chi connectivity index (χ3n) is 2.25. The summed E-state index contributed by atoms with van der Waals surface area (Å²) in [6, 6.07) is 2.83. The van der Waals surface area contributed by atoms with Gasteiger partial charge in [0.25, 0.3) is 0 Å². The average molecular weight is 278 g/mol. The third kappa shape index (κ3) is 4.13. The summed E-state index contributed by atoms with van der Waals surface area (Å²) in [5.41, 5.74) is -0.959. The number of hydrogen-bond donors (Lipinski definition) is 0. The zero-order valence-corrected chi connectivity index (χ0v) is 10.4. The smallest absolute Gasteiger partial charge is 0.419 e. The van der Waals surface area contributed by atoms with E-state index in [-0.39, 0.29) is 18.8 Å². The molecule has 0 N–H and O–H groups in total. The van der Waals surface area contributed by atoms with Crippen LogP contribution in [0.4, 0.5) is 13.2 Å². The Labute approximate surface area is 108 Å². The van der Waals surface area contributed by atoms with Crippen LogP contribution in [-0.4, -0.2) is 33.4 Å². The normalized spacial score (nSPS) is 11.2. The van der Waals surface area contributed by atoms with Crippen LogP contribution in [-0.2, 0) is 15.7 Å². The number of carbonyl (C=O) groups is 1. The highest BCUT2D eigenvalue weighted by atomic mass is 19.4. The number of rotatable bonds is 5. The Morgan fingerprint density at radius 3 is 2.42 bits per heavy atom. The molecular weight excluding hydrogens is 265 g/mol. The second-order valence-corrected chi connectivity index (χ2v) is 3.54. The second kappa shape index (κ2) is 6.42. The van der Waals surface area contributed by atoms with Crippen LogP contribution < -0.4 is 4.74 Å². The minimum atomic E-state index is -4.56. The molecule has 0 aromatic heterocycles. The Bertz CT molecular complexity index is 443. The van der Waals surface area contributed by atoms with Crippen molar-refractivity contribution in [2.24, 2.45) is 0 Å². The van der Waals surface area contributed by atoms with Crippen molar-refractivity contribution in [3.05, 3.63) is 29.3 Å². The number of ether oxygens (including phenoxy) is 3. The Kier molecular flexibility index (Phi) is 5.17. The third-order valence-corrected chi connectivity index (χ3v) is 2.25. The monoisotopic (exact) mass is 278 g/mol. The minimum Gasteiger partial charge on any atom is -0.491 e. The number of esters is 1. The van der Waals surface area contributed by atoms with Crippen LogP contribution in [0.1, 0.15) is 15.9 Å². The van der Waals surface area contributed by atoms with Crippen molar-refractivity contribution in [2.75, 3.05) is 27.4 Å². The van der Waals surface area contributed by atoms with Crippen LogP contribution in [0.5, 0.6) is 5.75 Å². The van der Waals surface area contributed by atoms with Crippen molar-refractivity contribution in [3.8, 4) is 5.75 Å². The predicted molar refractivity (Wildman–Crippen MR) is 60.2 cm³/mol. The predicted octanol–water partition coefficient (Wildman–Crippen LogP) is 2.52. The van der Waals surface area contributed by atoms with Crippen LogP contribution in [0, 0.1) is 0 Å². The highest BCUT2D eigenvalue weighted by molar-refractivity contribution is 5.89. The molecule has 1 aromatic rings. The first-order valence-electron chi connectivity index (χ1n) is 5.31. The number of hydrogen-bond acceptors (Lipinski definition) is 4. The fraction of sp³-hybridized carbons (Fsp3) is 0.417. The molecular formula is C12H13F3O4. The number of halogens is 3. The van der Waals surface area contributed by atoms with Crippen LogP contribution >= 0.6 is 0 Å². The van der Waals surface area contributed by atoms with Gasteiger partial charge in [-0.2, -0.15) is 13.2 Å². The molecule has 0 radical (unpaired) electrons. The molecule has 0 spiro atoms. The lowest BCUT2D eigenvalue weighted by molar-refractivity contribution is -0.139. The topological polar surface area (TPSA) is 44.8 Å². The number of methoxy groups -OCH3 is 2. The Balaban J connectivity index is 3.07. The molecule has 0 bridgehead atoms. The fourth-order valence-electron chi connectivity index (χ4n) is 1.36. The maximum absolute atomic E-state index is 12.7. The van der Waals surface area contributed by atoms with E-state index in [1.165, 1.54) is 7.11 Å². The Morgan fingerprint density at radius 2 is 1.89 bits per heavy atom. The van der Waals surface area contributed by atoms with Crippen molar-refractivity contribution in [2.45, 2.75) is 6.18 Å². The van der Waals surface area contributed by atoms with Crippen LogP contribution in [0.25, 0.3) is 0 Å². The first-order chi connectivity index (χ1) is 8.90. The zero-order valence-electron chi connectivity index (χ0n) is 10.4. The molecule has 0 saturated carbocycles.